The van der Waals surface area contributed by atoms with Gasteiger partial charge in [0, 0.05) is 44.0 Å². The minimum absolute atomic E-state index is 0.206. The van der Waals surface area contributed by atoms with Gasteiger partial charge in [0.15, 0.2) is 5.65 Å². The smallest absolute Gasteiger partial charge is 0.222 e. The maximum absolute atomic E-state index is 12.5. The molecule has 2 aromatic rings. The van der Waals surface area contributed by atoms with Crippen molar-refractivity contribution in [3.8, 4) is 0 Å². The largest absolute Gasteiger partial charge is 0.344 e. The summed E-state index contributed by atoms with van der Waals surface area (Å²) in [4.78, 5) is 21.5. The molecular weight excluding hydrogens is 326 g/mol. The van der Waals surface area contributed by atoms with Crippen LogP contribution in [0.25, 0.3) is 5.65 Å². The molecule has 0 bridgehead atoms. The Morgan fingerprint density at radius 3 is 2.65 bits per heavy atom. The van der Waals surface area contributed by atoms with Gasteiger partial charge in [0.1, 0.15) is 0 Å². The second kappa shape index (κ2) is 8.16. The van der Waals surface area contributed by atoms with Gasteiger partial charge < -0.3 is 9.80 Å². The zero-order chi connectivity index (χ0) is 18.7. The van der Waals surface area contributed by atoms with Crippen molar-refractivity contribution in [2.75, 3.05) is 33.2 Å². The maximum Gasteiger partial charge on any atom is 0.222 e. The number of nitrogens with zero attached hydrogens (tertiary/aromatic N) is 5. The van der Waals surface area contributed by atoms with Crippen LogP contribution in [-0.2, 0) is 11.2 Å². The van der Waals surface area contributed by atoms with Gasteiger partial charge in [-0.3, -0.25) is 4.79 Å². The molecule has 0 radical (unpaired) electrons. The van der Waals surface area contributed by atoms with Crippen molar-refractivity contribution in [3.63, 3.8) is 0 Å². The first kappa shape index (κ1) is 18.8. The number of likely N-dealkylation sites (N-methyl/N-ethyl adjacent to an activating group) is 1. The highest BCUT2D eigenvalue weighted by atomic mass is 16.2. The maximum atomic E-state index is 12.5. The molecule has 1 fully saturated rings. The van der Waals surface area contributed by atoms with E-state index in [9.17, 15) is 4.79 Å². The third kappa shape index (κ3) is 4.23. The molecular formula is C20H31N5O. The molecule has 0 saturated carbocycles. The van der Waals surface area contributed by atoms with Gasteiger partial charge in [-0.2, -0.15) is 5.10 Å². The lowest BCUT2D eigenvalue weighted by atomic mass is 10.1. The highest BCUT2D eigenvalue weighted by molar-refractivity contribution is 5.76. The highest BCUT2D eigenvalue weighted by Crippen LogP contribution is 2.17. The summed E-state index contributed by atoms with van der Waals surface area (Å²) < 4.78 is 1.89. The highest BCUT2D eigenvalue weighted by Gasteiger charge is 2.16. The molecule has 0 aromatic carbocycles. The van der Waals surface area contributed by atoms with Gasteiger partial charge in [0.25, 0.3) is 0 Å². The Morgan fingerprint density at radius 2 is 1.92 bits per heavy atom. The Bertz CT molecular complexity index is 776. The molecule has 0 spiro atoms. The first-order valence-corrected chi connectivity index (χ1v) is 9.74. The molecule has 3 heterocycles. The van der Waals surface area contributed by atoms with Crippen LogP contribution < -0.4 is 0 Å². The average molecular weight is 358 g/mol. The number of rotatable bonds is 6. The van der Waals surface area contributed by atoms with Crippen LogP contribution in [0, 0.1) is 20.8 Å². The van der Waals surface area contributed by atoms with Gasteiger partial charge in [-0.25, -0.2) is 9.50 Å². The van der Waals surface area contributed by atoms with Gasteiger partial charge >= 0.3 is 0 Å². The first-order chi connectivity index (χ1) is 12.5. The molecule has 0 N–H and O–H groups in total. The Labute approximate surface area is 156 Å². The van der Waals surface area contributed by atoms with E-state index >= 15 is 0 Å². The van der Waals surface area contributed by atoms with E-state index in [-0.39, 0.29) is 5.91 Å². The predicted molar refractivity (Wildman–Crippen MR) is 103 cm³/mol. The zero-order valence-electron chi connectivity index (χ0n) is 16.6. The van der Waals surface area contributed by atoms with E-state index in [4.69, 9.17) is 0 Å². The van der Waals surface area contributed by atoms with Crippen molar-refractivity contribution in [1.82, 2.24) is 24.4 Å². The topological polar surface area (TPSA) is 53.7 Å². The number of piperidine rings is 1. The molecule has 0 unspecified atom stereocenters. The zero-order valence-corrected chi connectivity index (χ0v) is 16.6. The molecule has 1 aliphatic rings. The number of fused-ring (bicyclic) bond motifs is 1. The number of hydrogen-bond donors (Lipinski definition) is 0. The van der Waals surface area contributed by atoms with Crippen molar-refractivity contribution in [3.05, 3.63) is 28.7 Å². The standard InChI is InChI=1S/C20H31N5O/c1-15-14-19-21-16(2)18(17(3)25(19)22-15)8-9-20(26)23(4)12-13-24-10-6-5-7-11-24/h14H,5-13H2,1-4H3. The molecule has 2 aromatic heterocycles. The van der Waals surface area contributed by atoms with Crippen LogP contribution in [0.1, 0.15) is 48.3 Å². The van der Waals surface area contributed by atoms with Gasteiger partial charge in [0.05, 0.1) is 5.69 Å². The van der Waals surface area contributed by atoms with E-state index < -0.39 is 0 Å². The Balaban J connectivity index is 1.57. The van der Waals surface area contributed by atoms with E-state index in [1.54, 1.807) is 0 Å². The van der Waals surface area contributed by atoms with Crippen molar-refractivity contribution in [2.24, 2.45) is 0 Å². The summed E-state index contributed by atoms with van der Waals surface area (Å²) in [6, 6.07) is 1.99. The molecule has 1 saturated heterocycles. The molecule has 6 nitrogen and oxygen atoms in total. The number of aromatic nitrogens is 3. The Morgan fingerprint density at radius 1 is 1.19 bits per heavy atom. The second-order valence-electron chi connectivity index (χ2n) is 7.53. The van der Waals surface area contributed by atoms with Crippen LogP contribution >= 0.6 is 0 Å². The number of carbonyl (C=O) groups is 1. The summed E-state index contributed by atoms with van der Waals surface area (Å²) in [5.74, 6) is 0.206. The fourth-order valence-electron chi connectivity index (χ4n) is 3.82. The lowest BCUT2D eigenvalue weighted by Gasteiger charge is -2.28. The summed E-state index contributed by atoms with van der Waals surface area (Å²) in [5, 5.41) is 4.51. The van der Waals surface area contributed by atoms with Crippen molar-refractivity contribution < 1.29 is 4.79 Å². The first-order valence-electron chi connectivity index (χ1n) is 9.74. The lowest BCUT2D eigenvalue weighted by molar-refractivity contribution is -0.130. The predicted octanol–water partition coefficient (Wildman–Crippen LogP) is 2.53. The lowest BCUT2D eigenvalue weighted by Crippen LogP contribution is -2.38. The number of hydrogen-bond acceptors (Lipinski definition) is 4. The SMILES string of the molecule is Cc1cc2nc(C)c(CCC(=O)N(C)CCN3CCCCC3)c(C)n2n1. The summed E-state index contributed by atoms with van der Waals surface area (Å²) in [7, 11) is 1.92. The number of carbonyl (C=O) groups excluding carboxylic acids is 1. The van der Waals surface area contributed by atoms with E-state index in [2.05, 4.69) is 21.9 Å². The number of aryl methyl sites for hydroxylation is 3. The Hall–Kier alpha value is -1.95. The van der Waals surface area contributed by atoms with Crippen LogP contribution in [0.2, 0.25) is 0 Å². The molecule has 3 rings (SSSR count). The van der Waals surface area contributed by atoms with E-state index in [1.165, 1.54) is 32.4 Å². The third-order valence-electron chi connectivity index (χ3n) is 5.50. The summed E-state index contributed by atoms with van der Waals surface area (Å²) in [5.41, 5.74) is 5.07. The fourth-order valence-corrected chi connectivity index (χ4v) is 3.82. The van der Waals surface area contributed by atoms with E-state index in [0.29, 0.717) is 12.8 Å². The number of amides is 1. The van der Waals surface area contributed by atoms with Crippen molar-refractivity contribution in [2.45, 2.75) is 52.9 Å². The Kier molecular flexibility index (Phi) is 5.91. The normalized spacial score (nSPS) is 15.5. The average Bonchev–Trinajstić information content (AvgIpc) is 3.00. The fraction of sp³-hybridized carbons (Fsp3) is 0.650. The van der Waals surface area contributed by atoms with Crippen LogP contribution in [0.15, 0.2) is 6.07 Å². The quantitative estimate of drug-likeness (QED) is 0.797. The molecule has 1 amide bonds. The van der Waals surface area contributed by atoms with Crippen LogP contribution in [0.3, 0.4) is 0 Å². The molecule has 6 heteroatoms. The molecule has 142 valence electrons. The van der Waals surface area contributed by atoms with Crippen LogP contribution in [0.5, 0.6) is 0 Å². The minimum atomic E-state index is 0.206. The molecule has 0 atom stereocenters. The van der Waals surface area contributed by atoms with E-state index in [1.807, 2.05) is 36.4 Å². The minimum Gasteiger partial charge on any atom is -0.344 e. The van der Waals surface area contributed by atoms with Crippen LogP contribution in [0.4, 0.5) is 0 Å². The third-order valence-corrected chi connectivity index (χ3v) is 5.50. The second-order valence-corrected chi connectivity index (χ2v) is 7.53. The molecule has 26 heavy (non-hydrogen) atoms. The van der Waals surface area contributed by atoms with Crippen molar-refractivity contribution in [1.29, 1.82) is 0 Å². The summed E-state index contributed by atoms with van der Waals surface area (Å²) in [6.07, 6.45) is 5.16. The molecule has 0 aliphatic carbocycles. The van der Waals surface area contributed by atoms with Crippen molar-refractivity contribution >= 4 is 11.6 Å². The van der Waals surface area contributed by atoms with Gasteiger partial charge in [-0.15, -0.1) is 0 Å². The monoisotopic (exact) mass is 357 g/mol. The van der Waals surface area contributed by atoms with Gasteiger partial charge in [0.2, 0.25) is 5.91 Å². The number of likely N-dealkylation sites (tertiary alicyclic amines) is 1. The van der Waals surface area contributed by atoms with Gasteiger partial charge in [-0.1, -0.05) is 6.42 Å². The summed E-state index contributed by atoms with van der Waals surface area (Å²) >= 11 is 0. The van der Waals surface area contributed by atoms with Crippen LogP contribution in [-0.4, -0.2) is 63.5 Å². The summed E-state index contributed by atoms with van der Waals surface area (Å²) in [6.45, 7) is 10.2. The molecule has 1 aliphatic heterocycles. The van der Waals surface area contributed by atoms with E-state index in [0.717, 1.165) is 41.4 Å². The van der Waals surface area contributed by atoms with Gasteiger partial charge in [-0.05, 0) is 58.7 Å².